The molecule has 0 radical (unpaired) electrons. The molecule has 0 aliphatic carbocycles. The highest BCUT2D eigenvalue weighted by molar-refractivity contribution is 6.74. The highest BCUT2D eigenvalue weighted by Gasteiger charge is 2.39. The molecule has 1 atom stereocenters. The first-order valence-electron chi connectivity index (χ1n) is 7.65. The van der Waals surface area contributed by atoms with E-state index >= 15 is 0 Å². The van der Waals surface area contributed by atoms with E-state index in [1.807, 2.05) is 19.2 Å². The molecule has 0 heterocycles. The Kier molecular flexibility index (Phi) is 6.28. The van der Waals surface area contributed by atoms with Gasteiger partial charge in [-0.2, -0.15) is 0 Å². The minimum atomic E-state index is -1.90. The number of nitro groups is 1. The highest BCUT2D eigenvalue weighted by atomic mass is 28.4. The van der Waals surface area contributed by atoms with Crippen LogP contribution in [-0.4, -0.2) is 26.8 Å². The normalized spacial score (nSPS) is 13.9. The van der Waals surface area contributed by atoms with Crippen molar-refractivity contribution in [1.29, 1.82) is 0 Å². The Labute approximate surface area is 134 Å². The standard InChI is InChI=1S/C16H28N2O3Si/c1-16(2,3)22(5,6)21-15(11-12-17-4)13-7-9-14(10-8-13)18(19)20/h7-10,15,17H,11-12H2,1-6H3. The van der Waals surface area contributed by atoms with Gasteiger partial charge >= 0.3 is 0 Å². The van der Waals surface area contributed by atoms with E-state index in [2.05, 4.69) is 39.2 Å². The van der Waals surface area contributed by atoms with Gasteiger partial charge in [-0.15, -0.1) is 0 Å². The van der Waals surface area contributed by atoms with Crippen LogP contribution in [0.5, 0.6) is 0 Å². The van der Waals surface area contributed by atoms with Gasteiger partial charge in [-0.25, -0.2) is 0 Å². The Hall–Kier alpha value is -1.24. The Morgan fingerprint density at radius 3 is 2.23 bits per heavy atom. The summed E-state index contributed by atoms with van der Waals surface area (Å²) in [4.78, 5) is 10.4. The van der Waals surface area contributed by atoms with E-state index in [1.165, 1.54) is 0 Å². The Balaban J connectivity index is 3.00. The lowest BCUT2D eigenvalue weighted by Crippen LogP contribution is -2.42. The molecule has 0 fully saturated rings. The van der Waals surface area contributed by atoms with Crippen molar-refractivity contribution >= 4 is 14.0 Å². The number of nitrogens with zero attached hydrogens (tertiary/aromatic N) is 1. The lowest BCUT2D eigenvalue weighted by molar-refractivity contribution is -0.384. The molecule has 1 rings (SSSR count). The monoisotopic (exact) mass is 324 g/mol. The third-order valence-electron chi connectivity index (χ3n) is 4.38. The number of hydrogen-bond acceptors (Lipinski definition) is 4. The van der Waals surface area contributed by atoms with Crippen LogP contribution in [-0.2, 0) is 4.43 Å². The first-order valence-corrected chi connectivity index (χ1v) is 10.6. The molecular formula is C16H28N2O3Si. The maximum atomic E-state index is 10.8. The molecule has 0 aromatic heterocycles. The number of nitro benzene ring substituents is 1. The number of non-ortho nitro benzene ring substituents is 1. The molecular weight excluding hydrogens is 296 g/mol. The van der Waals surface area contributed by atoms with E-state index in [0.29, 0.717) is 0 Å². The smallest absolute Gasteiger partial charge is 0.269 e. The number of nitrogens with one attached hydrogen (secondary N) is 1. The van der Waals surface area contributed by atoms with Crippen molar-refractivity contribution in [2.45, 2.75) is 51.4 Å². The van der Waals surface area contributed by atoms with Gasteiger partial charge in [-0.3, -0.25) is 10.1 Å². The fraction of sp³-hybridized carbons (Fsp3) is 0.625. The molecule has 0 bridgehead atoms. The molecule has 6 heteroatoms. The quantitative estimate of drug-likeness (QED) is 0.462. The van der Waals surface area contributed by atoms with Crippen LogP contribution >= 0.6 is 0 Å². The summed E-state index contributed by atoms with van der Waals surface area (Å²) in [6, 6.07) is 6.73. The molecule has 0 saturated carbocycles. The first-order chi connectivity index (χ1) is 10.1. The van der Waals surface area contributed by atoms with Crippen LogP contribution in [0.15, 0.2) is 24.3 Å². The van der Waals surface area contributed by atoms with Crippen molar-refractivity contribution in [2.24, 2.45) is 0 Å². The van der Waals surface area contributed by atoms with Gasteiger partial charge in [0.05, 0.1) is 11.0 Å². The van der Waals surface area contributed by atoms with Crippen LogP contribution in [0.25, 0.3) is 0 Å². The molecule has 0 aliphatic rings. The summed E-state index contributed by atoms with van der Waals surface area (Å²) in [5.74, 6) is 0. The third-order valence-corrected chi connectivity index (χ3v) is 8.86. The zero-order chi connectivity index (χ0) is 17.0. The highest BCUT2D eigenvalue weighted by Crippen LogP contribution is 2.40. The zero-order valence-electron chi connectivity index (χ0n) is 14.5. The second-order valence-corrected chi connectivity index (χ2v) is 11.9. The molecule has 0 aliphatic heterocycles. The molecule has 0 amide bonds. The molecule has 0 saturated heterocycles. The Morgan fingerprint density at radius 2 is 1.82 bits per heavy atom. The molecule has 22 heavy (non-hydrogen) atoms. The largest absolute Gasteiger partial charge is 0.410 e. The van der Waals surface area contributed by atoms with Crippen LogP contribution < -0.4 is 5.32 Å². The molecule has 0 spiro atoms. The second-order valence-electron chi connectivity index (χ2n) is 7.11. The van der Waals surface area contributed by atoms with Gasteiger partial charge in [0.2, 0.25) is 0 Å². The van der Waals surface area contributed by atoms with Gasteiger partial charge in [0.25, 0.3) is 5.69 Å². The maximum absolute atomic E-state index is 10.8. The fourth-order valence-corrected chi connectivity index (χ4v) is 3.23. The van der Waals surface area contributed by atoms with Gasteiger partial charge < -0.3 is 9.74 Å². The van der Waals surface area contributed by atoms with Crippen molar-refractivity contribution < 1.29 is 9.35 Å². The van der Waals surface area contributed by atoms with Gasteiger partial charge in [0.1, 0.15) is 0 Å². The Morgan fingerprint density at radius 1 is 1.27 bits per heavy atom. The van der Waals surface area contributed by atoms with Gasteiger partial charge in [-0.05, 0) is 55.8 Å². The van der Waals surface area contributed by atoms with Crippen molar-refractivity contribution in [1.82, 2.24) is 5.32 Å². The fourth-order valence-electron chi connectivity index (χ4n) is 1.91. The minimum absolute atomic E-state index is 0.0332. The summed E-state index contributed by atoms with van der Waals surface area (Å²) in [5.41, 5.74) is 1.12. The van der Waals surface area contributed by atoms with Crippen molar-refractivity contribution in [3.05, 3.63) is 39.9 Å². The number of hydrogen-bond donors (Lipinski definition) is 1. The Bertz CT molecular complexity index is 495. The van der Waals surface area contributed by atoms with E-state index < -0.39 is 8.32 Å². The average molecular weight is 324 g/mol. The molecule has 1 N–H and O–H groups in total. The van der Waals surface area contributed by atoms with Crippen LogP contribution in [0.2, 0.25) is 18.1 Å². The summed E-state index contributed by atoms with van der Waals surface area (Å²) in [5, 5.41) is 14.1. The molecule has 1 aromatic carbocycles. The van der Waals surface area contributed by atoms with E-state index in [0.717, 1.165) is 18.5 Å². The summed E-state index contributed by atoms with van der Waals surface area (Å²) < 4.78 is 6.52. The SMILES string of the molecule is CNCCC(O[Si](C)(C)C(C)(C)C)c1ccc([N+](=O)[O-])cc1. The van der Waals surface area contributed by atoms with Crippen molar-refractivity contribution in [3.63, 3.8) is 0 Å². The zero-order valence-corrected chi connectivity index (χ0v) is 15.5. The van der Waals surface area contributed by atoms with Crippen molar-refractivity contribution in [3.8, 4) is 0 Å². The van der Waals surface area contributed by atoms with Crippen LogP contribution in [0, 0.1) is 10.1 Å². The predicted molar refractivity (Wildman–Crippen MR) is 92.7 cm³/mol. The average Bonchev–Trinajstić information content (AvgIpc) is 2.42. The van der Waals surface area contributed by atoms with E-state index in [4.69, 9.17) is 4.43 Å². The second kappa shape index (κ2) is 7.35. The molecule has 1 unspecified atom stereocenters. The number of benzene rings is 1. The molecule has 5 nitrogen and oxygen atoms in total. The predicted octanol–water partition coefficient (Wildman–Crippen LogP) is 4.27. The van der Waals surface area contributed by atoms with Crippen LogP contribution in [0.3, 0.4) is 0 Å². The summed E-state index contributed by atoms with van der Waals surface area (Å²) in [7, 11) is 0.0181. The van der Waals surface area contributed by atoms with Gasteiger partial charge in [0, 0.05) is 12.1 Å². The van der Waals surface area contributed by atoms with Crippen LogP contribution in [0.4, 0.5) is 5.69 Å². The first kappa shape index (κ1) is 18.8. The molecule has 124 valence electrons. The van der Waals surface area contributed by atoms with Gasteiger partial charge in [0.15, 0.2) is 8.32 Å². The maximum Gasteiger partial charge on any atom is 0.269 e. The lowest BCUT2D eigenvalue weighted by Gasteiger charge is -2.39. The van der Waals surface area contributed by atoms with E-state index in [-0.39, 0.29) is 21.8 Å². The summed E-state index contributed by atoms with van der Waals surface area (Å²) in [6.45, 7) is 11.9. The summed E-state index contributed by atoms with van der Waals surface area (Å²) in [6.07, 6.45) is 0.815. The minimum Gasteiger partial charge on any atom is -0.410 e. The summed E-state index contributed by atoms with van der Waals surface area (Å²) >= 11 is 0. The van der Waals surface area contributed by atoms with Crippen molar-refractivity contribution in [2.75, 3.05) is 13.6 Å². The molecule has 1 aromatic rings. The van der Waals surface area contributed by atoms with Gasteiger partial charge in [-0.1, -0.05) is 20.8 Å². The van der Waals surface area contributed by atoms with E-state index in [9.17, 15) is 10.1 Å². The third kappa shape index (κ3) is 4.90. The topological polar surface area (TPSA) is 64.4 Å². The van der Waals surface area contributed by atoms with Crippen LogP contribution in [0.1, 0.15) is 38.9 Å². The lowest BCUT2D eigenvalue weighted by atomic mass is 10.1. The van der Waals surface area contributed by atoms with E-state index in [1.54, 1.807) is 12.1 Å². The number of rotatable bonds is 7.